The molecule has 0 aliphatic carbocycles. The van der Waals surface area contributed by atoms with E-state index in [0.717, 1.165) is 31.4 Å². The number of nitrogens with zero attached hydrogens (tertiary/aromatic N) is 2. The molecule has 0 aromatic heterocycles. The Bertz CT molecular complexity index is 827. The van der Waals surface area contributed by atoms with Crippen LogP contribution in [0.15, 0.2) is 23.2 Å². The van der Waals surface area contributed by atoms with Gasteiger partial charge in [0.1, 0.15) is 0 Å². The van der Waals surface area contributed by atoms with Crippen molar-refractivity contribution in [1.82, 2.24) is 0 Å². The molecule has 7 heteroatoms. The highest BCUT2D eigenvalue weighted by Gasteiger charge is 2.50. The summed E-state index contributed by atoms with van der Waals surface area (Å²) in [6, 6.07) is 6.09. The second kappa shape index (κ2) is 8.35. The van der Waals surface area contributed by atoms with Gasteiger partial charge in [0.15, 0.2) is 15.0 Å². The standard InChI is InChI=1S/C20H28N2O3S2/c1-4-7-11-18(23)21-20-22(16-12-27(24,25)13-17(16)26-20)19-14(5-2)9-8-10-15(19)6-3/h8-10,16-17H,4-7,11-13H2,1-3H3/t16-,17+/m1/s1. The first-order valence-corrected chi connectivity index (χ1v) is 12.5. The molecule has 3 rings (SSSR count). The maximum atomic E-state index is 12.3. The van der Waals surface area contributed by atoms with Crippen LogP contribution in [0, 0.1) is 0 Å². The predicted molar refractivity (Wildman–Crippen MR) is 113 cm³/mol. The number of sulfone groups is 1. The van der Waals surface area contributed by atoms with Crippen LogP contribution in [0.1, 0.15) is 51.2 Å². The Balaban J connectivity index is 2.07. The zero-order valence-corrected chi connectivity index (χ0v) is 17.9. The van der Waals surface area contributed by atoms with Crippen molar-refractivity contribution >= 4 is 38.4 Å². The maximum absolute atomic E-state index is 12.3. The monoisotopic (exact) mass is 408 g/mol. The van der Waals surface area contributed by atoms with E-state index in [2.05, 4.69) is 48.9 Å². The number of hydrogen-bond acceptors (Lipinski definition) is 4. The fourth-order valence-corrected chi connectivity index (χ4v) is 7.76. The van der Waals surface area contributed by atoms with E-state index in [-0.39, 0.29) is 28.7 Å². The number of carbonyl (C=O) groups excluding carboxylic acids is 1. The Hall–Kier alpha value is -1.34. The number of benzene rings is 1. The minimum Gasteiger partial charge on any atom is -0.315 e. The zero-order valence-electron chi connectivity index (χ0n) is 16.3. The van der Waals surface area contributed by atoms with Crippen LogP contribution in [-0.2, 0) is 27.5 Å². The van der Waals surface area contributed by atoms with Gasteiger partial charge in [-0.3, -0.25) is 4.79 Å². The van der Waals surface area contributed by atoms with Crippen LogP contribution in [0.4, 0.5) is 5.69 Å². The molecule has 1 aromatic carbocycles. The van der Waals surface area contributed by atoms with Gasteiger partial charge in [-0.25, -0.2) is 8.42 Å². The van der Waals surface area contributed by atoms with Crippen LogP contribution in [-0.4, -0.2) is 42.3 Å². The first-order valence-electron chi connectivity index (χ1n) is 9.78. The fourth-order valence-electron chi connectivity index (χ4n) is 3.84. The Morgan fingerprint density at radius 3 is 2.44 bits per heavy atom. The largest absolute Gasteiger partial charge is 0.315 e. The van der Waals surface area contributed by atoms with E-state index < -0.39 is 9.84 Å². The van der Waals surface area contributed by atoms with Crippen LogP contribution in [0.25, 0.3) is 0 Å². The molecule has 0 spiro atoms. The molecule has 2 heterocycles. The van der Waals surface area contributed by atoms with Crippen molar-refractivity contribution in [2.75, 3.05) is 16.4 Å². The number of anilines is 1. The summed E-state index contributed by atoms with van der Waals surface area (Å²) in [6.45, 7) is 6.26. The van der Waals surface area contributed by atoms with Gasteiger partial charge in [-0.2, -0.15) is 4.99 Å². The summed E-state index contributed by atoms with van der Waals surface area (Å²) in [6.07, 6.45) is 3.93. The van der Waals surface area contributed by atoms with E-state index in [1.54, 1.807) is 0 Å². The SMILES string of the molecule is CCCCC(=O)N=C1S[C@H]2CS(=O)(=O)C[C@H]2N1c1c(CC)cccc1CC. The summed E-state index contributed by atoms with van der Waals surface area (Å²) < 4.78 is 24.5. The van der Waals surface area contributed by atoms with E-state index in [1.165, 1.54) is 22.9 Å². The number of amidine groups is 1. The van der Waals surface area contributed by atoms with Gasteiger partial charge >= 0.3 is 0 Å². The molecule has 2 aliphatic heterocycles. The molecule has 0 radical (unpaired) electrons. The van der Waals surface area contributed by atoms with Crippen molar-refractivity contribution in [2.24, 2.45) is 4.99 Å². The highest BCUT2D eigenvalue weighted by atomic mass is 32.2. The molecule has 148 valence electrons. The van der Waals surface area contributed by atoms with Crippen LogP contribution in [0.5, 0.6) is 0 Å². The van der Waals surface area contributed by atoms with Gasteiger partial charge in [0.25, 0.3) is 0 Å². The first kappa shape index (κ1) is 20.4. The van der Waals surface area contributed by atoms with Gasteiger partial charge in [-0.1, -0.05) is 57.2 Å². The summed E-state index contributed by atoms with van der Waals surface area (Å²) in [5.74, 6) is 0.185. The van der Waals surface area contributed by atoms with Crippen LogP contribution >= 0.6 is 11.8 Å². The van der Waals surface area contributed by atoms with Crippen molar-refractivity contribution in [3.8, 4) is 0 Å². The highest BCUT2D eigenvalue weighted by Crippen LogP contribution is 2.43. The van der Waals surface area contributed by atoms with Crippen molar-refractivity contribution in [1.29, 1.82) is 0 Å². The lowest BCUT2D eigenvalue weighted by atomic mass is 10.0. The Labute approximate surface area is 166 Å². The number of fused-ring (bicyclic) bond motifs is 1. The molecule has 1 aromatic rings. The van der Waals surface area contributed by atoms with Crippen molar-refractivity contribution < 1.29 is 13.2 Å². The molecular weight excluding hydrogens is 380 g/mol. The van der Waals surface area contributed by atoms with E-state index >= 15 is 0 Å². The zero-order chi connectivity index (χ0) is 19.6. The number of aliphatic imine (C=N–C) groups is 1. The quantitative estimate of drug-likeness (QED) is 0.719. The number of thioether (sulfide) groups is 1. The van der Waals surface area contributed by atoms with Crippen molar-refractivity contribution in [3.63, 3.8) is 0 Å². The first-order chi connectivity index (χ1) is 12.9. The van der Waals surface area contributed by atoms with Crippen LogP contribution in [0.2, 0.25) is 0 Å². The molecule has 5 nitrogen and oxygen atoms in total. The average molecular weight is 409 g/mol. The van der Waals surface area contributed by atoms with Gasteiger partial charge < -0.3 is 4.90 Å². The summed E-state index contributed by atoms with van der Waals surface area (Å²) in [7, 11) is -3.05. The van der Waals surface area contributed by atoms with Gasteiger partial charge in [0, 0.05) is 17.4 Å². The number of para-hydroxylation sites is 1. The van der Waals surface area contributed by atoms with Crippen LogP contribution in [0.3, 0.4) is 0 Å². The van der Waals surface area contributed by atoms with Gasteiger partial charge in [0.2, 0.25) is 5.91 Å². The third-order valence-corrected chi connectivity index (χ3v) is 8.45. The number of aryl methyl sites for hydroxylation is 2. The lowest BCUT2D eigenvalue weighted by Crippen LogP contribution is -2.39. The number of unbranched alkanes of at least 4 members (excludes halogenated alkanes) is 1. The molecule has 27 heavy (non-hydrogen) atoms. The molecule has 2 saturated heterocycles. The molecule has 1 amide bonds. The lowest BCUT2D eigenvalue weighted by molar-refractivity contribution is -0.117. The van der Waals surface area contributed by atoms with Gasteiger partial charge in [-0.15, -0.1) is 0 Å². The lowest BCUT2D eigenvalue weighted by Gasteiger charge is -2.29. The third-order valence-electron chi connectivity index (χ3n) is 5.24. The minimum absolute atomic E-state index is 0.0534. The average Bonchev–Trinajstić information content (AvgIpc) is 3.09. The Morgan fingerprint density at radius 1 is 1.19 bits per heavy atom. The Morgan fingerprint density at radius 2 is 1.85 bits per heavy atom. The minimum atomic E-state index is -3.05. The van der Waals surface area contributed by atoms with Crippen molar-refractivity contribution in [2.45, 2.75) is 64.2 Å². The van der Waals surface area contributed by atoms with E-state index in [9.17, 15) is 13.2 Å². The second-order valence-electron chi connectivity index (χ2n) is 7.19. The summed E-state index contributed by atoms with van der Waals surface area (Å²) in [4.78, 5) is 18.8. The number of rotatable bonds is 6. The Kier molecular flexibility index (Phi) is 6.31. The molecule has 0 unspecified atom stereocenters. The topological polar surface area (TPSA) is 66.8 Å². The molecule has 2 atom stereocenters. The number of hydrogen-bond donors (Lipinski definition) is 0. The summed E-state index contributed by atoms with van der Waals surface area (Å²) >= 11 is 1.46. The van der Waals surface area contributed by atoms with E-state index in [1.807, 2.05) is 0 Å². The predicted octanol–water partition coefficient (Wildman–Crippen LogP) is 3.60. The third kappa shape index (κ3) is 4.24. The summed E-state index contributed by atoms with van der Waals surface area (Å²) in [5.41, 5.74) is 3.41. The normalized spacial score (nSPS) is 25.1. The smallest absolute Gasteiger partial charge is 0.248 e. The fraction of sp³-hybridized carbons (Fsp3) is 0.600. The van der Waals surface area contributed by atoms with E-state index in [0.29, 0.717) is 11.6 Å². The van der Waals surface area contributed by atoms with Gasteiger partial charge in [-0.05, 0) is 30.4 Å². The van der Waals surface area contributed by atoms with Gasteiger partial charge in [0.05, 0.1) is 17.5 Å². The molecule has 2 fully saturated rings. The summed E-state index contributed by atoms with van der Waals surface area (Å²) in [5, 5.41) is 0.624. The number of carbonyl (C=O) groups is 1. The van der Waals surface area contributed by atoms with Crippen molar-refractivity contribution in [3.05, 3.63) is 29.3 Å². The second-order valence-corrected chi connectivity index (χ2v) is 10.6. The maximum Gasteiger partial charge on any atom is 0.248 e. The molecule has 2 aliphatic rings. The van der Waals surface area contributed by atoms with Crippen LogP contribution < -0.4 is 4.90 Å². The molecule has 0 N–H and O–H groups in total. The van der Waals surface area contributed by atoms with E-state index in [4.69, 9.17) is 0 Å². The number of amides is 1. The molecular formula is C20H28N2O3S2. The molecule has 0 saturated carbocycles. The highest BCUT2D eigenvalue weighted by molar-refractivity contribution is 8.16. The molecule has 0 bridgehead atoms.